The van der Waals surface area contributed by atoms with Gasteiger partial charge in [-0.1, -0.05) is 42.5 Å². The maximum Gasteiger partial charge on any atom is 0.0461 e. The summed E-state index contributed by atoms with van der Waals surface area (Å²) in [6.45, 7) is 7.03. The fraction of sp³-hybridized carbons (Fsp3) is 0.263. The number of rotatable bonds is 4. The number of aliphatic imine (C=N–C) groups is 1. The van der Waals surface area contributed by atoms with Crippen LogP contribution in [0, 0.1) is 5.92 Å². The Morgan fingerprint density at radius 1 is 1.19 bits per heavy atom. The number of hydrogen-bond acceptors (Lipinski definition) is 2. The molecule has 0 saturated heterocycles. The quantitative estimate of drug-likeness (QED) is 0.773. The van der Waals surface area contributed by atoms with Gasteiger partial charge in [0.05, 0.1) is 0 Å². The highest BCUT2D eigenvalue weighted by atomic mass is 14.8. The van der Waals surface area contributed by atoms with E-state index in [9.17, 15) is 0 Å². The lowest BCUT2D eigenvalue weighted by Crippen LogP contribution is -2.04. The lowest BCUT2D eigenvalue weighted by Gasteiger charge is -2.08. The Bertz CT molecular complexity index is 654. The second kappa shape index (κ2) is 6.04. The van der Waals surface area contributed by atoms with Gasteiger partial charge in [-0.05, 0) is 36.6 Å². The summed E-state index contributed by atoms with van der Waals surface area (Å²) in [5, 5.41) is 0. The number of benzene rings is 1. The van der Waals surface area contributed by atoms with Gasteiger partial charge in [-0.15, -0.1) is 0 Å². The van der Waals surface area contributed by atoms with Crippen LogP contribution in [0.1, 0.15) is 30.2 Å². The van der Waals surface area contributed by atoms with Gasteiger partial charge in [-0.3, -0.25) is 9.98 Å². The molecule has 2 nitrogen and oxygen atoms in total. The Morgan fingerprint density at radius 3 is 2.62 bits per heavy atom. The van der Waals surface area contributed by atoms with Crippen LogP contribution in [-0.2, 0) is 6.42 Å². The third kappa shape index (κ3) is 3.27. The minimum atomic E-state index is 0.521. The van der Waals surface area contributed by atoms with Crippen molar-refractivity contribution in [1.29, 1.82) is 0 Å². The molecule has 0 amide bonds. The first-order valence-electron chi connectivity index (χ1n) is 7.40. The van der Waals surface area contributed by atoms with E-state index >= 15 is 0 Å². The van der Waals surface area contributed by atoms with Crippen LogP contribution >= 0.6 is 0 Å². The van der Waals surface area contributed by atoms with E-state index in [0.29, 0.717) is 5.92 Å². The van der Waals surface area contributed by atoms with Gasteiger partial charge in [-0.2, -0.15) is 0 Å². The molecule has 3 rings (SSSR count). The van der Waals surface area contributed by atoms with Crippen LogP contribution in [0.4, 0.5) is 0 Å². The van der Waals surface area contributed by atoms with E-state index < -0.39 is 0 Å². The molecule has 0 bridgehead atoms. The molecule has 0 spiro atoms. The first-order chi connectivity index (χ1) is 10.2. The summed E-state index contributed by atoms with van der Waals surface area (Å²) in [6.07, 6.45) is 3.74. The topological polar surface area (TPSA) is 25.2 Å². The van der Waals surface area contributed by atoms with E-state index in [1.54, 1.807) is 0 Å². The molecule has 1 aliphatic heterocycles. The highest BCUT2D eigenvalue weighted by Gasteiger charge is 2.19. The summed E-state index contributed by atoms with van der Waals surface area (Å²) in [4.78, 5) is 9.04. The van der Waals surface area contributed by atoms with Crippen molar-refractivity contribution in [3.8, 4) is 0 Å². The summed E-state index contributed by atoms with van der Waals surface area (Å²) < 4.78 is 0. The van der Waals surface area contributed by atoms with E-state index in [0.717, 1.165) is 25.1 Å². The predicted molar refractivity (Wildman–Crippen MR) is 87.8 cm³/mol. The summed E-state index contributed by atoms with van der Waals surface area (Å²) in [5.41, 5.74) is 6.08. The minimum Gasteiger partial charge on any atom is -0.288 e. The normalized spacial score (nSPS) is 17.6. The third-order valence-electron chi connectivity index (χ3n) is 4.04. The summed E-state index contributed by atoms with van der Waals surface area (Å²) in [5.74, 6) is 0.521. The summed E-state index contributed by atoms with van der Waals surface area (Å²) >= 11 is 0. The van der Waals surface area contributed by atoms with E-state index in [2.05, 4.69) is 53.8 Å². The van der Waals surface area contributed by atoms with Crippen molar-refractivity contribution in [2.45, 2.75) is 19.8 Å². The predicted octanol–water partition coefficient (Wildman–Crippen LogP) is 4.06. The van der Waals surface area contributed by atoms with Crippen LogP contribution < -0.4 is 0 Å². The monoisotopic (exact) mass is 276 g/mol. The average Bonchev–Trinajstić information content (AvgIpc) is 2.99. The molecular formula is C19H20N2. The molecule has 2 heterocycles. The zero-order valence-electron chi connectivity index (χ0n) is 12.4. The fourth-order valence-corrected chi connectivity index (χ4v) is 2.65. The first-order valence-corrected chi connectivity index (χ1v) is 7.40. The van der Waals surface area contributed by atoms with E-state index in [1.807, 2.05) is 18.3 Å². The lowest BCUT2D eigenvalue weighted by atomic mass is 9.95. The van der Waals surface area contributed by atoms with E-state index in [4.69, 9.17) is 0 Å². The van der Waals surface area contributed by atoms with Crippen LogP contribution in [0.5, 0.6) is 0 Å². The second-order valence-corrected chi connectivity index (χ2v) is 5.73. The van der Waals surface area contributed by atoms with Crippen molar-refractivity contribution >= 4 is 5.71 Å². The highest BCUT2D eigenvalue weighted by Crippen LogP contribution is 2.24. The third-order valence-corrected chi connectivity index (χ3v) is 4.04. The van der Waals surface area contributed by atoms with Gasteiger partial charge >= 0.3 is 0 Å². The molecular weight excluding hydrogens is 256 g/mol. The fourth-order valence-electron chi connectivity index (χ4n) is 2.65. The SMILES string of the molecule is C=C(C)C1CN=C(c2ccc(Cc3ccccn3)cc2)C1. The van der Waals surface area contributed by atoms with Crippen LogP contribution in [0.15, 0.2) is 65.8 Å². The molecule has 1 aromatic carbocycles. The van der Waals surface area contributed by atoms with Gasteiger partial charge in [0.1, 0.15) is 0 Å². The van der Waals surface area contributed by atoms with E-state index in [-0.39, 0.29) is 0 Å². The molecule has 0 fully saturated rings. The van der Waals surface area contributed by atoms with Gasteiger partial charge in [0.15, 0.2) is 0 Å². The van der Waals surface area contributed by atoms with Crippen LogP contribution in [-0.4, -0.2) is 17.2 Å². The van der Waals surface area contributed by atoms with Gasteiger partial charge in [0.2, 0.25) is 0 Å². The molecule has 1 aliphatic rings. The van der Waals surface area contributed by atoms with Crippen molar-refractivity contribution in [2.75, 3.05) is 6.54 Å². The van der Waals surface area contributed by atoms with Crippen molar-refractivity contribution in [3.05, 3.63) is 77.6 Å². The molecule has 0 saturated carbocycles. The molecule has 2 aromatic rings. The number of nitrogens with zero attached hydrogens (tertiary/aromatic N) is 2. The first kappa shape index (κ1) is 13.7. The van der Waals surface area contributed by atoms with Crippen LogP contribution in [0.2, 0.25) is 0 Å². The molecule has 1 unspecified atom stereocenters. The number of hydrogen-bond donors (Lipinski definition) is 0. The molecule has 0 N–H and O–H groups in total. The van der Waals surface area contributed by atoms with Gasteiger partial charge < -0.3 is 0 Å². The highest BCUT2D eigenvalue weighted by molar-refractivity contribution is 6.02. The summed E-state index contributed by atoms with van der Waals surface area (Å²) in [7, 11) is 0. The van der Waals surface area contributed by atoms with Crippen molar-refractivity contribution in [2.24, 2.45) is 10.9 Å². The maximum atomic E-state index is 4.67. The number of pyridine rings is 1. The average molecular weight is 276 g/mol. The van der Waals surface area contributed by atoms with E-state index in [1.165, 1.54) is 22.4 Å². The van der Waals surface area contributed by atoms with Crippen molar-refractivity contribution in [3.63, 3.8) is 0 Å². The van der Waals surface area contributed by atoms with Gasteiger partial charge in [-0.25, -0.2) is 0 Å². The Labute approximate surface area is 126 Å². The standard InChI is InChI=1S/C19H20N2/c1-14(2)17-12-19(21-13-17)16-8-6-15(7-9-16)11-18-5-3-4-10-20-18/h3-10,17H,1,11-13H2,2H3. The Balaban J connectivity index is 1.69. The Hall–Kier alpha value is -2.22. The summed E-state index contributed by atoms with van der Waals surface area (Å²) in [6, 6.07) is 14.8. The molecule has 1 atom stereocenters. The molecule has 2 heteroatoms. The Kier molecular flexibility index (Phi) is 3.96. The van der Waals surface area contributed by atoms with Gasteiger partial charge in [0.25, 0.3) is 0 Å². The van der Waals surface area contributed by atoms with Crippen molar-refractivity contribution < 1.29 is 0 Å². The second-order valence-electron chi connectivity index (χ2n) is 5.73. The molecule has 1 aromatic heterocycles. The largest absolute Gasteiger partial charge is 0.288 e. The minimum absolute atomic E-state index is 0.521. The molecule has 21 heavy (non-hydrogen) atoms. The Morgan fingerprint density at radius 2 is 2.00 bits per heavy atom. The smallest absolute Gasteiger partial charge is 0.0461 e. The lowest BCUT2D eigenvalue weighted by molar-refractivity contribution is 0.698. The van der Waals surface area contributed by atoms with Crippen molar-refractivity contribution in [1.82, 2.24) is 4.98 Å². The van der Waals surface area contributed by atoms with Crippen LogP contribution in [0.3, 0.4) is 0 Å². The molecule has 0 aliphatic carbocycles. The van der Waals surface area contributed by atoms with Gasteiger partial charge in [0, 0.05) is 36.5 Å². The zero-order chi connectivity index (χ0) is 14.7. The van der Waals surface area contributed by atoms with Crippen LogP contribution in [0.25, 0.3) is 0 Å². The molecule has 106 valence electrons. The molecule has 0 radical (unpaired) electrons. The zero-order valence-corrected chi connectivity index (χ0v) is 12.4. The maximum absolute atomic E-state index is 4.67. The number of aromatic nitrogens is 1.